The Hall–Kier alpha value is -2.23. The number of benzene rings is 2. The summed E-state index contributed by atoms with van der Waals surface area (Å²) in [4.78, 5) is 10.7. The summed E-state index contributed by atoms with van der Waals surface area (Å²) in [6.45, 7) is 0. The van der Waals surface area contributed by atoms with Crippen LogP contribution in [0.2, 0.25) is 0 Å². The second-order valence-electron chi connectivity index (χ2n) is 3.21. The minimum Gasteiger partial charge on any atom is -0.508 e. The molecule has 0 aliphatic carbocycles. The largest absolute Gasteiger partial charge is 0.508 e. The molecule has 15 heavy (non-hydrogen) atoms. The van der Waals surface area contributed by atoms with Gasteiger partial charge in [-0.15, -0.1) is 0 Å². The first kappa shape index (κ1) is 9.33. The summed E-state index contributed by atoms with van der Waals surface area (Å²) in [5.74, 6) is -1.20. The topological polar surface area (TPSA) is 77.8 Å². The van der Waals surface area contributed by atoms with Gasteiger partial charge in [0.15, 0.2) is 0 Å². The van der Waals surface area contributed by atoms with E-state index in [0.29, 0.717) is 10.8 Å². The number of rotatable bonds is 1. The van der Waals surface area contributed by atoms with Crippen LogP contribution in [0.25, 0.3) is 10.8 Å². The Morgan fingerprint density at radius 3 is 2.47 bits per heavy atom. The zero-order valence-corrected chi connectivity index (χ0v) is 7.64. The van der Waals surface area contributed by atoms with Crippen LogP contribution in [0, 0.1) is 0 Å². The van der Waals surface area contributed by atoms with E-state index in [4.69, 9.17) is 5.11 Å². The van der Waals surface area contributed by atoms with Crippen LogP contribution >= 0.6 is 0 Å². The number of phenolic OH excluding ortho intramolecular Hbond substituents is 2. The highest BCUT2D eigenvalue weighted by Gasteiger charge is 2.07. The zero-order valence-electron chi connectivity index (χ0n) is 7.64. The molecule has 0 radical (unpaired) electrons. The summed E-state index contributed by atoms with van der Waals surface area (Å²) in [6.07, 6.45) is 0. The summed E-state index contributed by atoms with van der Waals surface area (Å²) in [5, 5.41) is 28.5. The van der Waals surface area contributed by atoms with Crippen LogP contribution in [-0.2, 0) is 0 Å². The fourth-order valence-electron chi connectivity index (χ4n) is 1.47. The van der Waals surface area contributed by atoms with Crippen LogP contribution in [0.4, 0.5) is 0 Å². The van der Waals surface area contributed by atoms with Gasteiger partial charge in [0, 0.05) is 11.5 Å². The van der Waals surface area contributed by atoms with Gasteiger partial charge in [0.25, 0.3) is 0 Å². The first-order chi connectivity index (χ1) is 7.08. The van der Waals surface area contributed by atoms with Crippen molar-refractivity contribution >= 4 is 16.7 Å². The molecule has 2 rings (SSSR count). The molecule has 0 heterocycles. The number of carbonyl (C=O) groups is 1. The Kier molecular flexibility index (Phi) is 1.97. The lowest BCUT2D eigenvalue weighted by Gasteiger charge is -2.03. The Balaban J connectivity index is 2.76. The minimum absolute atomic E-state index is 0.0676. The van der Waals surface area contributed by atoms with Crippen LogP contribution < -0.4 is 0 Å². The predicted molar refractivity (Wildman–Crippen MR) is 54.2 cm³/mol. The Morgan fingerprint density at radius 1 is 1.07 bits per heavy atom. The van der Waals surface area contributed by atoms with Gasteiger partial charge in [-0.1, -0.05) is 0 Å². The molecular formula is C11H8O4. The molecule has 0 aliphatic rings. The molecule has 0 bridgehead atoms. The third kappa shape index (κ3) is 1.57. The average Bonchev–Trinajstić information content (AvgIpc) is 2.16. The second kappa shape index (κ2) is 3.16. The van der Waals surface area contributed by atoms with E-state index in [2.05, 4.69) is 0 Å². The van der Waals surface area contributed by atoms with E-state index in [1.165, 1.54) is 30.3 Å². The van der Waals surface area contributed by atoms with E-state index in [1.807, 2.05) is 0 Å². The number of carboxylic acids is 1. The van der Waals surface area contributed by atoms with Gasteiger partial charge in [0.05, 0.1) is 5.56 Å². The van der Waals surface area contributed by atoms with Gasteiger partial charge in [-0.05, 0) is 29.7 Å². The molecule has 0 atom stereocenters. The second-order valence-corrected chi connectivity index (χ2v) is 3.21. The van der Waals surface area contributed by atoms with Crippen molar-refractivity contribution in [1.82, 2.24) is 0 Å². The summed E-state index contributed by atoms with van der Waals surface area (Å²) in [7, 11) is 0. The molecule has 0 saturated heterocycles. The fourth-order valence-corrected chi connectivity index (χ4v) is 1.47. The third-order valence-electron chi connectivity index (χ3n) is 2.16. The molecule has 0 fully saturated rings. The normalized spacial score (nSPS) is 10.4. The molecule has 0 unspecified atom stereocenters. The third-order valence-corrected chi connectivity index (χ3v) is 2.16. The predicted octanol–water partition coefficient (Wildman–Crippen LogP) is 1.95. The number of fused-ring (bicyclic) bond motifs is 1. The molecular weight excluding hydrogens is 196 g/mol. The van der Waals surface area contributed by atoms with Crippen molar-refractivity contribution in [2.24, 2.45) is 0 Å². The van der Waals surface area contributed by atoms with Crippen LogP contribution in [0.5, 0.6) is 11.5 Å². The number of carboxylic acid groups (broad SMARTS) is 1. The van der Waals surface area contributed by atoms with Crippen LogP contribution in [-0.4, -0.2) is 21.3 Å². The molecule has 0 amide bonds. The maximum Gasteiger partial charge on any atom is 0.335 e. The lowest BCUT2D eigenvalue weighted by Crippen LogP contribution is -1.95. The Labute approximate surface area is 85.0 Å². The molecule has 0 saturated carbocycles. The van der Waals surface area contributed by atoms with Crippen molar-refractivity contribution in [3.05, 3.63) is 35.9 Å². The molecule has 3 N–H and O–H groups in total. The standard InChI is InChI=1S/C11H8O4/c12-8-4-7-3-6(11(14)15)1-2-9(7)10(13)5-8/h1-5,12-13H,(H,14,15). The van der Waals surface area contributed by atoms with Gasteiger partial charge in [0.2, 0.25) is 0 Å². The van der Waals surface area contributed by atoms with E-state index in [1.54, 1.807) is 0 Å². The lowest BCUT2D eigenvalue weighted by atomic mass is 10.1. The van der Waals surface area contributed by atoms with E-state index < -0.39 is 5.97 Å². The maximum atomic E-state index is 10.7. The molecule has 4 nitrogen and oxygen atoms in total. The summed E-state index contributed by atoms with van der Waals surface area (Å²) in [6, 6.07) is 6.93. The molecule has 4 heteroatoms. The number of hydrogen-bond acceptors (Lipinski definition) is 3. The van der Waals surface area contributed by atoms with Gasteiger partial charge in [-0.25, -0.2) is 4.79 Å². The highest BCUT2D eigenvalue weighted by atomic mass is 16.4. The average molecular weight is 204 g/mol. The van der Waals surface area contributed by atoms with Crippen LogP contribution in [0.1, 0.15) is 10.4 Å². The monoisotopic (exact) mass is 204 g/mol. The molecule has 2 aromatic rings. The van der Waals surface area contributed by atoms with Gasteiger partial charge < -0.3 is 15.3 Å². The van der Waals surface area contributed by atoms with Gasteiger partial charge in [-0.3, -0.25) is 0 Å². The van der Waals surface area contributed by atoms with Gasteiger partial charge in [0.1, 0.15) is 11.5 Å². The molecule has 0 spiro atoms. The van der Waals surface area contributed by atoms with Crippen molar-refractivity contribution in [1.29, 1.82) is 0 Å². The summed E-state index contributed by atoms with van der Waals surface area (Å²) in [5.41, 5.74) is 0.118. The number of phenols is 2. The van der Waals surface area contributed by atoms with Gasteiger partial charge in [-0.2, -0.15) is 0 Å². The maximum absolute atomic E-state index is 10.7. The minimum atomic E-state index is -1.04. The van der Waals surface area contributed by atoms with Gasteiger partial charge >= 0.3 is 5.97 Å². The fraction of sp³-hybridized carbons (Fsp3) is 0. The Morgan fingerprint density at radius 2 is 1.80 bits per heavy atom. The smallest absolute Gasteiger partial charge is 0.335 e. The zero-order chi connectivity index (χ0) is 11.0. The molecule has 2 aromatic carbocycles. The SMILES string of the molecule is O=C(O)c1ccc2c(O)cc(O)cc2c1. The first-order valence-corrected chi connectivity index (χ1v) is 4.27. The number of aromatic carboxylic acids is 1. The van der Waals surface area contributed by atoms with Crippen molar-refractivity contribution in [2.75, 3.05) is 0 Å². The van der Waals surface area contributed by atoms with E-state index >= 15 is 0 Å². The number of aromatic hydroxyl groups is 2. The van der Waals surface area contributed by atoms with Crippen molar-refractivity contribution in [3.8, 4) is 11.5 Å². The molecule has 0 aromatic heterocycles. The van der Waals surface area contributed by atoms with E-state index in [9.17, 15) is 15.0 Å². The van der Waals surface area contributed by atoms with Crippen molar-refractivity contribution in [2.45, 2.75) is 0 Å². The molecule has 76 valence electrons. The first-order valence-electron chi connectivity index (χ1n) is 4.27. The summed E-state index contributed by atoms with van der Waals surface area (Å²) < 4.78 is 0. The quantitative estimate of drug-likeness (QED) is 0.663. The van der Waals surface area contributed by atoms with Crippen LogP contribution in [0.3, 0.4) is 0 Å². The Bertz CT molecular complexity index is 546. The van der Waals surface area contributed by atoms with E-state index in [-0.39, 0.29) is 17.1 Å². The lowest BCUT2D eigenvalue weighted by molar-refractivity contribution is 0.0697. The number of hydrogen-bond donors (Lipinski definition) is 3. The van der Waals surface area contributed by atoms with E-state index in [0.717, 1.165) is 0 Å². The highest BCUT2D eigenvalue weighted by molar-refractivity contribution is 5.96. The molecule has 0 aliphatic heterocycles. The van der Waals surface area contributed by atoms with Crippen LogP contribution in [0.15, 0.2) is 30.3 Å². The van der Waals surface area contributed by atoms with Crippen molar-refractivity contribution in [3.63, 3.8) is 0 Å². The van der Waals surface area contributed by atoms with Crippen molar-refractivity contribution < 1.29 is 20.1 Å². The summed E-state index contributed by atoms with van der Waals surface area (Å²) >= 11 is 0. The highest BCUT2D eigenvalue weighted by Crippen LogP contribution is 2.30.